The normalized spacial score (nSPS) is 10.5. The Bertz CT molecular complexity index is 1170. The van der Waals surface area contributed by atoms with Gasteiger partial charge < -0.3 is 20.1 Å². The summed E-state index contributed by atoms with van der Waals surface area (Å²) in [4.78, 5) is 12.9. The number of ketones is 1. The number of carbonyl (C=O) groups excluding carboxylic acids is 1. The first-order chi connectivity index (χ1) is 17.6. The third kappa shape index (κ3) is 6.89. The van der Waals surface area contributed by atoms with Gasteiger partial charge in [-0.05, 0) is 46.5 Å². The highest BCUT2D eigenvalue weighted by Crippen LogP contribution is 2.28. The Balaban J connectivity index is 1.35. The molecule has 184 valence electrons. The second-order valence-corrected chi connectivity index (χ2v) is 8.60. The Labute approximate surface area is 213 Å². The Morgan fingerprint density at radius 2 is 1.00 bits per heavy atom. The number of ether oxygens (including phenoxy) is 2. The largest absolute Gasteiger partial charge is 0.487 e. The molecule has 4 aromatic carbocycles. The first-order valence-electron chi connectivity index (χ1n) is 12.1. The van der Waals surface area contributed by atoms with Gasteiger partial charge in [-0.25, -0.2) is 0 Å². The first-order valence-corrected chi connectivity index (χ1v) is 12.1. The molecule has 4 aromatic rings. The van der Waals surface area contributed by atoms with Crippen LogP contribution in [-0.4, -0.2) is 19.9 Å². The summed E-state index contributed by atoms with van der Waals surface area (Å²) in [5, 5.41) is 6.36. The molecule has 2 N–H and O–H groups in total. The van der Waals surface area contributed by atoms with Gasteiger partial charge in [0, 0.05) is 26.9 Å². The van der Waals surface area contributed by atoms with Crippen molar-refractivity contribution in [2.45, 2.75) is 26.1 Å². The molecule has 0 aliphatic rings. The van der Waals surface area contributed by atoms with E-state index in [1.54, 1.807) is 0 Å². The maximum absolute atomic E-state index is 12.9. The van der Waals surface area contributed by atoms with Crippen LogP contribution in [0.4, 0.5) is 11.4 Å². The lowest BCUT2D eigenvalue weighted by Gasteiger charge is -2.14. The van der Waals surface area contributed by atoms with Crippen LogP contribution < -0.4 is 20.1 Å². The van der Waals surface area contributed by atoms with Crippen LogP contribution >= 0.6 is 0 Å². The lowest BCUT2D eigenvalue weighted by atomic mass is 10.0. The standard InChI is InChI=1S/C31H32N2O3/c1-32-28-19-25(13-15-30(28)35-21-23-9-5-3-6-10-23)17-27(34)18-26-14-16-31(29(20-26)33-2)36-22-24-11-7-4-8-12-24/h3-16,19-20,32-33H,17-18,21-22H2,1-2H3. The second-order valence-electron chi connectivity index (χ2n) is 8.60. The van der Waals surface area contributed by atoms with Crippen LogP contribution in [0.25, 0.3) is 0 Å². The van der Waals surface area contributed by atoms with Gasteiger partial charge in [-0.2, -0.15) is 0 Å². The molecule has 4 rings (SSSR count). The molecule has 0 heterocycles. The van der Waals surface area contributed by atoms with Gasteiger partial charge in [0.2, 0.25) is 0 Å². The lowest BCUT2D eigenvalue weighted by Crippen LogP contribution is -2.08. The minimum absolute atomic E-state index is 0.148. The smallest absolute Gasteiger partial charge is 0.142 e. The summed E-state index contributed by atoms with van der Waals surface area (Å²) in [6.45, 7) is 0.985. The highest BCUT2D eigenvalue weighted by molar-refractivity contribution is 5.84. The lowest BCUT2D eigenvalue weighted by molar-refractivity contribution is -0.117. The topological polar surface area (TPSA) is 59.6 Å². The van der Waals surface area contributed by atoms with Crippen LogP contribution in [-0.2, 0) is 30.8 Å². The number of Topliss-reactive ketones (excluding diaryl/α,β-unsaturated/α-hetero) is 1. The van der Waals surface area contributed by atoms with Gasteiger partial charge in [-0.1, -0.05) is 72.8 Å². The molecule has 0 aliphatic heterocycles. The number of benzene rings is 4. The SMILES string of the molecule is CNc1cc(CC(=O)Cc2ccc(OCc3ccccc3)c(NC)c2)ccc1OCc1ccccc1. The Morgan fingerprint density at radius 3 is 1.39 bits per heavy atom. The molecule has 0 bridgehead atoms. The zero-order chi connectivity index (χ0) is 25.2. The van der Waals surface area contributed by atoms with Gasteiger partial charge in [0.15, 0.2) is 0 Å². The van der Waals surface area contributed by atoms with Gasteiger partial charge in [0.1, 0.15) is 30.5 Å². The molecular formula is C31H32N2O3. The van der Waals surface area contributed by atoms with E-state index in [1.165, 1.54) is 0 Å². The van der Waals surface area contributed by atoms with Crippen molar-refractivity contribution in [1.29, 1.82) is 0 Å². The molecule has 36 heavy (non-hydrogen) atoms. The molecule has 0 aromatic heterocycles. The molecule has 0 fully saturated rings. The molecule has 0 saturated heterocycles. The van der Waals surface area contributed by atoms with E-state index in [-0.39, 0.29) is 5.78 Å². The van der Waals surface area contributed by atoms with Crippen LogP contribution in [0.5, 0.6) is 11.5 Å². The van der Waals surface area contributed by atoms with E-state index in [1.807, 2.05) is 111 Å². The number of carbonyl (C=O) groups is 1. The van der Waals surface area contributed by atoms with E-state index in [0.717, 1.165) is 45.1 Å². The van der Waals surface area contributed by atoms with Crippen molar-refractivity contribution >= 4 is 17.2 Å². The van der Waals surface area contributed by atoms with E-state index in [4.69, 9.17) is 9.47 Å². The fourth-order valence-corrected chi connectivity index (χ4v) is 4.01. The maximum atomic E-state index is 12.9. The molecule has 0 radical (unpaired) electrons. The van der Waals surface area contributed by atoms with Crippen molar-refractivity contribution in [3.8, 4) is 11.5 Å². The molecule has 0 saturated carbocycles. The Kier molecular flexibility index (Phi) is 8.60. The third-order valence-electron chi connectivity index (χ3n) is 5.90. The molecule has 0 unspecified atom stereocenters. The van der Waals surface area contributed by atoms with Gasteiger partial charge in [0.05, 0.1) is 11.4 Å². The van der Waals surface area contributed by atoms with Gasteiger partial charge >= 0.3 is 0 Å². The van der Waals surface area contributed by atoms with Crippen LogP contribution in [0, 0.1) is 0 Å². The van der Waals surface area contributed by atoms with Gasteiger partial charge in [-0.3, -0.25) is 4.79 Å². The molecule has 5 nitrogen and oxygen atoms in total. The van der Waals surface area contributed by atoms with Crippen molar-refractivity contribution in [3.05, 3.63) is 119 Å². The summed E-state index contributed by atoms with van der Waals surface area (Å²) in [6.07, 6.45) is 0.712. The van der Waals surface area contributed by atoms with Crippen LogP contribution in [0.15, 0.2) is 97.1 Å². The number of hydrogen-bond donors (Lipinski definition) is 2. The van der Waals surface area contributed by atoms with Crippen molar-refractivity contribution in [2.24, 2.45) is 0 Å². The number of anilines is 2. The first kappa shape index (κ1) is 24.9. The zero-order valence-electron chi connectivity index (χ0n) is 20.8. The number of rotatable bonds is 12. The van der Waals surface area contributed by atoms with E-state index in [0.29, 0.717) is 26.1 Å². The van der Waals surface area contributed by atoms with E-state index in [2.05, 4.69) is 10.6 Å². The monoisotopic (exact) mass is 480 g/mol. The van der Waals surface area contributed by atoms with Crippen LogP contribution in [0.3, 0.4) is 0 Å². The zero-order valence-corrected chi connectivity index (χ0v) is 20.8. The number of nitrogens with one attached hydrogen (secondary N) is 2. The quantitative estimate of drug-likeness (QED) is 0.250. The van der Waals surface area contributed by atoms with Crippen molar-refractivity contribution in [3.63, 3.8) is 0 Å². The maximum Gasteiger partial charge on any atom is 0.142 e. The van der Waals surface area contributed by atoms with Gasteiger partial charge in [0.25, 0.3) is 0 Å². The average molecular weight is 481 g/mol. The molecule has 0 atom stereocenters. The summed E-state index contributed by atoms with van der Waals surface area (Å²) in [7, 11) is 3.72. The minimum Gasteiger partial charge on any atom is -0.487 e. The van der Waals surface area contributed by atoms with E-state index in [9.17, 15) is 4.79 Å². The predicted molar refractivity (Wildman–Crippen MR) is 146 cm³/mol. The Hall–Kier alpha value is -4.25. The summed E-state index contributed by atoms with van der Waals surface area (Å²) in [6, 6.07) is 31.8. The summed E-state index contributed by atoms with van der Waals surface area (Å²) >= 11 is 0. The summed E-state index contributed by atoms with van der Waals surface area (Å²) in [5.74, 6) is 1.68. The summed E-state index contributed by atoms with van der Waals surface area (Å²) in [5.41, 5.74) is 5.86. The minimum atomic E-state index is 0.148. The van der Waals surface area contributed by atoms with E-state index >= 15 is 0 Å². The average Bonchev–Trinajstić information content (AvgIpc) is 2.92. The molecule has 0 spiro atoms. The molecular weight excluding hydrogens is 448 g/mol. The van der Waals surface area contributed by atoms with Crippen molar-refractivity contribution in [2.75, 3.05) is 24.7 Å². The van der Waals surface area contributed by atoms with E-state index < -0.39 is 0 Å². The highest BCUT2D eigenvalue weighted by Gasteiger charge is 2.11. The molecule has 5 heteroatoms. The molecule has 0 amide bonds. The fraction of sp³-hybridized carbons (Fsp3) is 0.194. The predicted octanol–water partition coefficient (Wildman–Crippen LogP) is 6.28. The second kappa shape index (κ2) is 12.5. The van der Waals surface area contributed by atoms with Crippen LogP contribution in [0.1, 0.15) is 22.3 Å². The van der Waals surface area contributed by atoms with Crippen LogP contribution in [0.2, 0.25) is 0 Å². The number of hydrogen-bond acceptors (Lipinski definition) is 5. The Morgan fingerprint density at radius 1 is 0.583 bits per heavy atom. The fourth-order valence-electron chi connectivity index (χ4n) is 4.01. The van der Waals surface area contributed by atoms with Crippen molar-refractivity contribution in [1.82, 2.24) is 0 Å². The summed E-state index contributed by atoms with van der Waals surface area (Å²) < 4.78 is 12.0. The molecule has 0 aliphatic carbocycles. The highest BCUT2D eigenvalue weighted by atomic mass is 16.5. The third-order valence-corrected chi connectivity index (χ3v) is 5.90. The van der Waals surface area contributed by atoms with Crippen molar-refractivity contribution < 1.29 is 14.3 Å². The van der Waals surface area contributed by atoms with Gasteiger partial charge in [-0.15, -0.1) is 0 Å².